The third-order valence-corrected chi connectivity index (χ3v) is 3.87. The third kappa shape index (κ3) is 5.41. The van der Waals surface area contributed by atoms with Crippen molar-refractivity contribution >= 4 is 11.8 Å². The van der Waals surface area contributed by atoms with E-state index < -0.39 is 5.97 Å². The molecule has 0 saturated heterocycles. The molecule has 2 aromatic carbocycles. The molecule has 3 rings (SSSR count). The van der Waals surface area contributed by atoms with Crippen LogP contribution in [-0.4, -0.2) is 35.1 Å². The fraction of sp³-hybridized carbons (Fsp3) is 0.238. The third-order valence-electron chi connectivity index (χ3n) is 3.87. The Bertz CT molecular complexity index is 981. The smallest absolute Gasteiger partial charge is 0.344 e. The summed E-state index contributed by atoms with van der Waals surface area (Å²) in [7, 11) is 0. The van der Waals surface area contributed by atoms with Crippen LogP contribution in [0.2, 0.25) is 0 Å². The number of rotatable bonds is 9. The number of hydrogen-bond acceptors (Lipinski definition) is 8. The van der Waals surface area contributed by atoms with Gasteiger partial charge in [-0.1, -0.05) is 17.3 Å². The van der Waals surface area contributed by atoms with Gasteiger partial charge in [0.2, 0.25) is 5.82 Å². The van der Waals surface area contributed by atoms with Gasteiger partial charge in [-0.05, 0) is 50.2 Å². The highest BCUT2D eigenvalue weighted by Crippen LogP contribution is 2.27. The van der Waals surface area contributed by atoms with Gasteiger partial charge >= 0.3 is 5.97 Å². The Balaban J connectivity index is 1.52. The number of carbonyl (C=O) groups is 2. The van der Waals surface area contributed by atoms with Crippen LogP contribution in [0.25, 0.3) is 11.4 Å². The van der Waals surface area contributed by atoms with Crippen molar-refractivity contribution in [3.8, 4) is 22.9 Å². The summed E-state index contributed by atoms with van der Waals surface area (Å²) in [5.41, 5.74) is 1.26. The van der Waals surface area contributed by atoms with Gasteiger partial charge in [0.05, 0.1) is 12.2 Å². The van der Waals surface area contributed by atoms with Crippen molar-refractivity contribution in [1.29, 1.82) is 0 Å². The number of ether oxygens (including phenoxy) is 3. The van der Waals surface area contributed by atoms with E-state index in [1.807, 2.05) is 31.2 Å². The number of para-hydroxylation sites is 1. The summed E-state index contributed by atoms with van der Waals surface area (Å²) in [6, 6.07) is 13.8. The zero-order valence-electron chi connectivity index (χ0n) is 16.1. The first-order valence-electron chi connectivity index (χ1n) is 9.01. The number of Topliss-reactive ketones (excluding diaryl/α,β-unsaturated/α-hetero) is 1. The average molecular weight is 396 g/mol. The Labute approximate surface area is 167 Å². The highest BCUT2D eigenvalue weighted by Gasteiger charge is 2.15. The maximum atomic E-state index is 11.9. The monoisotopic (exact) mass is 396 g/mol. The number of benzene rings is 2. The van der Waals surface area contributed by atoms with E-state index in [-0.39, 0.29) is 24.9 Å². The Hall–Kier alpha value is -3.68. The normalized spacial score (nSPS) is 10.4. The van der Waals surface area contributed by atoms with Crippen molar-refractivity contribution in [1.82, 2.24) is 10.1 Å². The van der Waals surface area contributed by atoms with Gasteiger partial charge in [-0.3, -0.25) is 4.79 Å². The van der Waals surface area contributed by atoms with Crippen LogP contribution in [0.1, 0.15) is 30.1 Å². The molecular weight excluding hydrogens is 376 g/mol. The minimum absolute atomic E-state index is 0.0428. The van der Waals surface area contributed by atoms with Crippen molar-refractivity contribution in [2.45, 2.75) is 20.5 Å². The Morgan fingerprint density at radius 2 is 1.79 bits per heavy atom. The average Bonchev–Trinajstić information content (AvgIpc) is 3.20. The van der Waals surface area contributed by atoms with E-state index in [0.717, 1.165) is 0 Å². The minimum Gasteiger partial charge on any atom is -0.493 e. The van der Waals surface area contributed by atoms with Gasteiger partial charge in [0.15, 0.2) is 19.0 Å². The van der Waals surface area contributed by atoms with Crippen LogP contribution in [-0.2, 0) is 16.1 Å². The number of ketones is 1. The topological polar surface area (TPSA) is 101 Å². The fourth-order valence-electron chi connectivity index (χ4n) is 2.47. The lowest BCUT2D eigenvalue weighted by Crippen LogP contribution is -2.14. The molecule has 0 atom stereocenters. The van der Waals surface area contributed by atoms with Crippen molar-refractivity contribution in [2.24, 2.45) is 0 Å². The number of esters is 1. The first kappa shape index (κ1) is 20.1. The summed E-state index contributed by atoms with van der Waals surface area (Å²) in [6.07, 6.45) is 0. The predicted octanol–water partition coefficient (Wildman–Crippen LogP) is 3.46. The molecular formula is C21H20N2O6. The van der Waals surface area contributed by atoms with Crippen LogP contribution < -0.4 is 9.47 Å². The molecule has 8 heteroatoms. The van der Waals surface area contributed by atoms with E-state index in [0.29, 0.717) is 35.1 Å². The molecule has 0 N–H and O–H groups in total. The number of hydrogen-bond donors (Lipinski definition) is 0. The summed E-state index contributed by atoms with van der Waals surface area (Å²) in [5.74, 6) is 0.976. The first-order chi connectivity index (χ1) is 14.1. The summed E-state index contributed by atoms with van der Waals surface area (Å²) in [5, 5.41) is 3.91. The standard InChI is InChI=1S/C21H20N2O6/c1-3-26-18-7-5-4-6-17(18)21-22-19(29-23-21)12-28-20(25)13-27-16-10-8-15(9-11-16)14(2)24/h4-11H,3,12-13H2,1-2H3. The molecule has 0 fully saturated rings. The maximum Gasteiger partial charge on any atom is 0.344 e. The molecule has 0 unspecified atom stereocenters. The summed E-state index contributed by atoms with van der Waals surface area (Å²) in [6.45, 7) is 3.42. The molecule has 0 spiro atoms. The van der Waals surface area contributed by atoms with Crippen molar-refractivity contribution in [2.75, 3.05) is 13.2 Å². The highest BCUT2D eigenvalue weighted by molar-refractivity contribution is 5.94. The molecule has 0 bridgehead atoms. The second-order valence-electron chi connectivity index (χ2n) is 5.97. The number of aromatic nitrogens is 2. The second kappa shape index (κ2) is 9.50. The van der Waals surface area contributed by atoms with E-state index in [1.165, 1.54) is 6.92 Å². The lowest BCUT2D eigenvalue weighted by Gasteiger charge is -2.06. The molecule has 150 valence electrons. The lowest BCUT2D eigenvalue weighted by molar-refractivity contribution is -0.148. The molecule has 0 radical (unpaired) electrons. The summed E-state index contributed by atoms with van der Waals surface area (Å²) < 4.78 is 21.1. The van der Waals surface area contributed by atoms with E-state index in [2.05, 4.69) is 10.1 Å². The predicted molar refractivity (Wildman–Crippen MR) is 103 cm³/mol. The van der Waals surface area contributed by atoms with Crippen LogP contribution in [0.15, 0.2) is 53.1 Å². The molecule has 8 nitrogen and oxygen atoms in total. The minimum atomic E-state index is -0.588. The van der Waals surface area contributed by atoms with E-state index in [9.17, 15) is 9.59 Å². The van der Waals surface area contributed by atoms with Crippen LogP contribution in [0, 0.1) is 0 Å². The van der Waals surface area contributed by atoms with E-state index in [4.69, 9.17) is 18.7 Å². The van der Waals surface area contributed by atoms with Gasteiger partial charge in [-0.15, -0.1) is 0 Å². The highest BCUT2D eigenvalue weighted by atomic mass is 16.6. The first-order valence-corrected chi connectivity index (χ1v) is 9.01. The molecule has 0 amide bonds. The van der Waals surface area contributed by atoms with Crippen LogP contribution in [0.4, 0.5) is 0 Å². The van der Waals surface area contributed by atoms with Gasteiger partial charge in [0, 0.05) is 5.56 Å². The Morgan fingerprint density at radius 3 is 2.52 bits per heavy atom. The fourth-order valence-corrected chi connectivity index (χ4v) is 2.47. The number of carbonyl (C=O) groups excluding carboxylic acids is 2. The molecule has 3 aromatic rings. The Kier molecular flexibility index (Phi) is 6.57. The van der Waals surface area contributed by atoms with Crippen molar-refractivity contribution in [3.63, 3.8) is 0 Å². The molecule has 0 aliphatic carbocycles. The SMILES string of the molecule is CCOc1ccccc1-c1noc(COC(=O)COc2ccc(C(C)=O)cc2)n1. The van der Waals surface area contributed by atoms with Crippen LogP contribution in [0.3, 0.4) is 0 Å². The molecule has 1 heterocycles. The molecule has 0 aliphatic rings. The van der Waals surface area contributed by atoms with Gasteiger partial charge < -0.3 is 18.7 Å². The van der Waals surface area contributed by atoms with E-state index >= 15 is 0 Å². The quantitative estimate of drug-likeness (QED) is 0.400. The molecule has 1 aromatic heterocycles. The molecule has 29 heavy (non-hydrogen) atoms. The van der Waals surface area contributed by atoms with Gasteiger partial charge in [-0.2, -0.15) is 4.98 Å². The Morgan fingerprint density at radius 1 is 1.03 bits per heavy atom. The van der Waals surface area contributed by atoms with Crippen LogP contribution in [0.5, 0.6) is 11.5 Å². The van der Waals surface area contributed by atoms with Crippen molar-refractivity contribution in [3.05, 3.63) is 60.0 Å². The molecule has 0 saturated carbocycles. The van der Waals surface area contributed by atoms with Crippen molar-refractivity contribution < 1.29 is 28.3 Å². The lowest BCUT2D eigenvalue weighted by atomic mass is 10.1. The zero-order valence-corrected chi connectivity index (χ0v) is 16.1. The number of nitrogens with zero attached hydrogens (tertiary/aromatic N) is 2. The largest absolute Gasteiger partial charge is 0.493 e. The van der Waals surface area contributed by atoms with Gasteiger partial charge in [0.25, 0.3) is 5.89 Å². The molecule has 0 aliphatic heterocycles. The van der Waals surface area contributed by atoms with Gasteiger partial charge in [-0.25, -0.2) is 4.79 Å². The van der Waals surface area contributed by atoms with E-state index in [1.54, 1.807) is 24.3 Å². The maximum absolute atomic E-state index is 11.9. The van der Waals surface area contributed by atoms with Gasteiger partial charge in [0.1, 0.15) is 11.5 Å². The zero-order chi connectivity index (χ0) is 20.6. The summed E-state index contributed by atoms with van der Waals surface area (Å²) >= 11 is 0. The summed E-state index contributed by atoms with van der Waals surface area (Å²) in [4.78, 5) is 27.3. The van der Waals surface area contributed by atoms with Crippen LogP contribution >= 0.6 is 0 Å². The second-order valence-corrected chi connectivity index (χ2v) is 5.97.